The predicted octanol–water partition coefficient (Wildman–Crippen LogP) is 4.36. The fraction of sp³-hybridized carbons (Fsp3) is 0.167. The Hall–Kier alpha value is -0.680. The number of methoxy groups -OCH3 is 1. The molecule has 0 aliphatic heterocycles. The van der Waals surface area contributed by atoms with Gasteiger partial charge in [-0.05, 0) is 17.7 Å². The summed E-state index contributed by atoms with van der Waals surface area (Å²) in [5, 5.41) is 0.639. The minimum absolute atomic E-state index is 0.276. The molecule has 0 bridgehead atoms. The van der Waals surface area contributed by atoms with Crippen LogP contribution in [0.3, 0.4) is 0 Å². The third-order valence-corrected chi connectivity index (χ3v) is 3.29. The van der Waals surface area contributed by atoms with Gasteiger partial charge in [0.15, 0.2) is 5.82 Å². The van der Waals surface area contributed by atoms with Crippen LogP contribution in [0.2, 0.25) is 10.3 Å². The topological polar surface area (TPSA) is 35.0 Å². The number of hydrogen-bond donors (Lipinski definition) is 0. The highest BCUT2D eigenvalue weighted by Gasteiger charge is 2.13. The molecule has 0 saturated carbocycles. The molecular formula is C12H9BrCl2N2O. The van der Waals surface area contributed by atoms with Crippen LogP contribution in [0.5, 0.6) is 0 Å². The van der Waals surface area contributed by atoms with Gasteiger partial charge in [-0.15, -0.1) is 0 Å². The van der Waals surface area contributed by atoms with Crippen LogP contribution in [0.15, 0.2) is 28.7 Å². The van der Waals surface area contributed by atoms with Crippen molar-refractivity contribution in [2.24, 2.45) is 0 Å². The maximum absolute atomic E-state index is 6.15. The van der Waals surface area contributed by atoms with Gasteiger partial charge in [-0.3, -0.25) is 0 Å². The average molecular weight is 348 g/mol. The van der Waals surface area contributed by atoms with Gasteiger partial charge < -0.3 is 4.74 Å². The third-order valence-electron chi connectivity index (χ3n) is 2.25. The summed E-state index contributed by atoms with van der Waals surface area (Å²) < 4.78 is 5.89. The van der Waals surface area contributed by atoms with Crippen molar-refractivity contribution in [2.45, 2.75) is 6.61 Å². The average Bonchev–Trinajstić information content (AvgIpc) is 2.28. The number of benzene rings is 1. The second kappa shape index (κ2) is 5.97. The Kier molecular flexibility index (Phi) is 4.56. The Balaban J connectivity index is 2.51. The Morgan fingerprint density at radius 1 is 1.22 bits per heavy atom. The van der Waals surface area contributed by atoms with Crippen molar-refractivity contribution in [3.05, 3.63) is 44.9 Å². The van der Waals surface area contributed by atoms with Gasteiger partial charge in [-0.2, -0.15) is 0 Å². The summed E-state index contributed by atoms with van der Waals surface area (Å²) >= 11 is 15.7. The fourth-order valence-electron chi connectivity index (χ4n) is 1.52. The van der Waals surface area contributed by atoms with Crippen LogP contribution < -0.4 is 0 Å². The Labute approximate surface area is 123 Å². The second-order valence-electron chi connectivity index (χ2n) is 3.54. The lowest BCUT2D eigenvalue weighted by molar-refractivity contribution is 0.178. The van der Waals surface area contributed by atoms with Gasteiger partial charge in [0.05, 0.1) is 5.56 Å². The molecule has 2 aromatic rings. The van der Waals surface area contributed by atoms with Crippen molar-refractivity contribution in [1.29, 1.82) is 0 Å². The van der Waals surface area contributed by atoms with E-state index < -0.39 is 0 Å². The normalized spacial score (nSPS) is 10.7. The van der Waals surface area contributed by atoms with Gasteiger partial charge in [0.1, 0.15) is 16.9 Å². The van der Waals surface area contributed by atoms with Crippen LogP contribution in [0, 0.1) is 0 Å². The molecule has 0 amide bonds. The molecule has 0 fully saturated rings. The van der Waals surface area contributed by atoms with Crippen LogP contribution in [-0.2, 0) is 11.3 Å². The first-order valence-electron chi connectivity index (χ1n) is 5.08. The molecule has 1 heterocycles. The van der Waals surface area contributed by atoms with Crippen molar-refractivity contribution in [3.63, 3.8) is 0 Å². The van der Waals surface area contributed by atoms with E-state index in [0.717, 1.165) is 10.0 Å². The van der Waals surface area contributed by atoms with E-state index in [9.17, 15) is 0 Å². The minimum atomic E-state index is 0.276. The summed E-state index contributed by atoms with van der Waals surface area (Å²) in [4.78, 5) is 8.32. The smallest absolute Gasteiger partial charge is 0.157 e. The highest BCUT2D eigenvalue weighted by atomic mass is 79.9. The first kappa shape index (κ1) is 13.7. The van der Waals surface area contributed by atoms with Gasteiger partial charge in [0.25, 0.3) is 0 Å². The molecule has 0 aliphatic rings. The van der Waals surface area contributed by atoms with E-state index in [1.54, 1.807) is 7.11 Å². The molecule has 0 spiro atoms. The second-order valence-corrected chi connectivity index (χ2v) is 5.17. The van der Waals surface area contributed by atoms with E-state index in [4.69, 9.17) is 27.9 Å². The molecule has 6 heteroatoms. The number of hydrogen-bond acceptors (Lipinski definition) is 3. The highest BCUT2D eigenvalue weighted by molar-refractivity contribution is 9.10. The lowest BCUT2D eigenvalue weighted by Gasteiger charge is -2.08. The Bertz CT molecular complexity index is 555. The van der Waals surface area contributed by atoms with Crippen LogP contribution in [0.25, 0.3) is 11.1 Å². The van der Waals surface area contributed by atoms with E-state index in [-0.39, 0.29) is 6.61 Å². The van der Waals surface area contributed by atoms with Crippen molar-refractivity contribution in [2.75, 3.05) is 7.11 Å². The first-order valence-corrected chi connectivity index (χ1v) is 6.63. The van der Waals surface area contributed by atoms with E-state index in [1.165, 1.54) is 0 Å². The molecule has 0 saturated heterocycles. The summed E-state index contributed by atoms with van der Waals surface area (Å²) in [6.07, 6.45) is 0. The summed E-state index contributed by atoms with van der Waals surface area (Å²) in [6.45, 7) is 0.276. The van der Waals surface area contributed by atoms with Gasteiger partial charge in [-0.25, -0.2) is 9.97 Å². The number of nitrogens with zero attached hydrogens (tertiary/aromatic N) is 2. The van der Waals surface area contributed by atoms with E-state index in [0.29, 0.717) is 21.7 Å². The van der Waals surface area contributed by atoms with Gasteiger partial charge in [-0.1, -0.05) is 51.3 Å². The fourth-order valence-corrected chi connectivity index (χ4v) is 2.56. The molecule has 0 aliphatic carbocycles. The monoisotopic (exact) mass is 346 g/mol. The Morgan fingerprint density at radius 3 is 2.44 bits per heavy atom. The molecule has 3 nitrogen and oxygen atoms in total. The number of rotatable bonds is 3. The lowest BCUT2D eigenvalue weighted by atomic mass is 10.1. The largest absolute Gasteiger partial charge is 0.377 e. The summed E-state index contributed by atoms with van der Waals surface area (Å²) in [6, 6.07) is 7.63. The minimum Gasteiger partial charge on any atom is -0.377 e. The maximum Gasteiger partial charge on any atom is 0.157 e. The molecule has 0 N–H and O–H groups in total. The molecule has 1 aromatic carbocycles. The van der Waals surface area contributed by atoms with Crippen LogP contribution in [-0.4, -0.2) is 17.1 Å². The zero-order chi connectivity index (χ0) is 13.1. The summed E-state index contributed by atoms with van der Waals surface area (Å²) in [5.74, 6) is 0.464. The number of aromatic nitrogens is 2. The maximum atomic E-state index is 6.15. The molecule has 0 atom stereocenters. The molecule has 2 rings (SSSR count). The standard InChI is InChI=1S/C12H9BrCl2N2O/c1-18-6-9-16-11(14)10(12(15)17-9)7-3-2-4-8(13)5-7/h2-5H,6H2,1H3. The number of ether oxygens (including phenoxy) is 1. The molecule has 1 aromatic heterocycles. The van der Waals surface area contributed by atoms with Crippen molar-refractivity contribution < 1.29 is 4.74 Å². The van der Waals surface area contributed by atoms with Crippen molar-refractivity contribution in [1.82, 2.24) is 9.97 Å². The van der Waals surface area contributed by atoms with Crippen LogP contribution in [0.1, 0.15) is 5.82 Å². The van der Waals surface area contributed by atoms with Gasteiger partial charge in [0, 0.05) is 11.6 Å². The summed E-state index contributed by atoms with van der Waals surface area (Å²) in [7, 11) is 1.56. The van der Waals surface area contributed by atoms with Crippen LogP contribution in [0.4, 0.5) is 0 Å². The van der Waals surface area contributed by atoms with E-state index >= 15 is 0 Å². The lowest BCUT2D eigenvalue weighted by Crippen LogP contribution is -1.99. The highest BCUT2D eigenvalue weighted by Crippen LogP contribution is 2.33. The Morgan fingerprint density at radius 2 is 1.89 bits per heavy atom. The molecule has 0 radical (unpaired) electrons. The molecule has 18 heavy (non-hydrogen) atoms. The molecular weight excluding hydrogens is 339 g/mol. The van der Waals surface area contributed by atoms with Gasteiger partial charge in [0.2, 0.25) is 0 Å². The predicted molar refractivity (Wildman–Crippen MR) is 75.9 cm³/mol. The van der Waals surface area contributed by atoms with Crippen molar-refractivity contribution in [3.8, 4) is 11.1 Å². The van der Waals surface area contributed by atoms with E-state index in [2.05, 4.69) is 25.9 Å². The molecule has 94 valence electrons. The van der Waals surface area contributed by atoms with E-state index in [1.807, 2.05) is 24.3 Å². The SMILES string of the molecule is COCc1nc(Cl)c(-c2cccc(Br)c2)c(Cl)n1. The van der Waals surface area contributed by atoms with Crippen LogP contribution >= 0.6 is 39.1 Å². The zero-order valence-electron chi connectivity index (χ0n) is 9.45. The van der Waals surface area contributed by atoms with Gasteiger partial charge >= 0.3 is 0 Å². The summed E-state index contributed by atoms with van der Waals surface area (Å²) in [5.41, 5.74) is 1.49. The van der Waals surface area contributed by atoms with Crippen molar-refractivity contribution >= 4 is 39.1 Å². The first-order chi connectivity index (χ1) is 8.61. The molecule has 0 unspecified atom stereocenters. The third kappa shape index (κ3) is 3.01. The zero-order valence-corrected chi connectivity index (χ0v) is 12.6. The quantitative estimate of drug-likeness (QED) is 0.774. The number of halogens is 3.